The third-order valence-corrected chi connectivity index (χ3v) is 0. The van der Waals surface area contributed by atoms with Crippen molar-refractivity contribution in [3.05, 3.63) is 6.57 Å². The van der Waals surface area contributed by atoms with Crippen LogP contribution < -0.4 is 0 Å². The summed E-state index contributed by atoms with van der Waals surface area (Å²) in [4.78, 5) is 0. The lowest BCUT2D eigenvalue weighted by Gasteiger charge is -2.12. The average molecular weight is 138 g/mol. The molecule has 0 amide bonds. The number of nitrogens with zero attached hydrogens (tertiary/aromatic N) is 1. The molecule has 0 unspecified atom stereocenters. The predicted octanol–water partition coefficient (Wildman–Crippen LogP) is -0.910. The molecule has 0 saturated carbocycles. The molecule has 7 heavy (non-hydrogen) atoms. The molecule has 0 fully saturated rings. The molecule has 0 aliphatic heterocycles. The largest absolute Gasteiger partial charge is 0.780 e. The van der Waals surface area contributed by atoms with Gasteiger partial charge in [0, 0.05) is 0 Å². The Morgan fingerprint density at radius 2 is 1.57 bits per heavy atom. The van der Waals surface area contributed by atoms with E-state index in [2.05, 4.69) is 11.2 Å². The molecule has 0 heterocycles. The number of hydrogen-bond donors (Lipinski definition) is 0. The Bertz CT molecular complexity index is 124. The fourth-order valence-electron chi connectivity index (χ4n) is 0. The molecule has 0 N–H and O–H groups in total. The monoisotopic (exact) mass is 138 g/mol. The molecule has 6 heteroatoms. The highest BCUT2D eigenvalue weighted by Gasteiger charge is 1.43. The van der Waals surface area contributed by atoms with Gasteiger partial charge in [-0.1, -0.05) is 0 Å². The topological polar surface area (TPSA) is 87.0 Å². The molecular weight excluding hydrogens is 138 g/mol. The summed E-state index contributed by atoms with van der Waals surface area (Å²) in [5.74, 6) is 0. The van der Waals surface area contributed by atoms with Gasteiger partial charge >= 0.3 is 0 Å². The lowest BCUT2D eigenvalue weighted by atomic mass is 11.9. The Kier molecular flexibility index (Phi) is 5.60. The van der Waals surface area contributed by atoms with Crippen LogP contribution in [0, 0.1) is 11.8 Å². The zero-order valence-electron chi connectivity index (χ0n) is 2.99. The zero-order chi connectivity index (χ0) is 6.50. The van der Waals surface area contributed by atoms with Crippen molar-refractivity contribution >= 4 is 20.2 Å². The maximum atomic E-state index is 8.89. The van der Waals surface area contributed by atoms with Crippen molar-refractivity contribution < 1.29 is 13.3 Å². The Hall–Kier alpha value is -0.220. The van der Waals surface area contributed by atoms with Gasteiger partial charge in [0.2, 0.25) is 0 Å². The van der Waals surface area contributed by atoms with Gasteiger partial charge in [-0.05, 0) is 11.2 Å². The van der Waals surface area contributed by atoms with Gasteiger partial charge in [0.05, 0.1) is 0 Å². The molecule has 0 aromatic rings. The average Bonchev–Trinajstić information content (AvgIpc) is 1.36. The van der Waals surface area contributed by atoms with Crippen LogP contribution in [0.4, 0.5) is 0 Å². The number of hydrogen-bond acceptors (Lipinski definition) is 5. The highest BCUT2D eigenvalue weighted by atomic mass is 32.9. The normalized spacial score (nSPS) is 8.57. The van der Waals surface area contributed by atoms with Crippen molar-refractivity contribution in [3.63, 3.8) is 0 Å². The Morgan fingerprint density at radius 1 is 1.57 bits per heavy atom. The van der Waals surface area contributed by atoms with E-state index >= 15 is 0 Å². The van der Waals surface area contributed by atoms with Gasteiger partial charge in [-0.25, -0.2) is 0 Å². The second-order valence-corrected chi connectivity index (χ2v) is 2.45. The molecule has 0 aliphatic rings. The summed E-state index contributed by atoms with van der Waals surface area (Å²) in [7, 11) is -4.33. The van der Waals surface area contributed by atoms with Gasteiger partial charge in [-0.15, -0.1) is 9.05 Å². The Balaban J connectivity index is 0. The summed E-state index contributed by atoms with van der Waals surface area (Å²) < 4.78 is 26.7. The molecule has 0 aromatic carbocycles. The third-order valence-electron chi connectivity index (χ3n) is 0. The van der Waals surface area contributed by atoms with Gasteiger partial charge in [-0.2, -0.15) is 0 Å². The van der Waals surface area contributed by atoms with E-state index in [9.17, 15) is 0 Å². The fourth-order valence-corrected chi connectivity index (χ4v) is 0. The fraction of sp³-hybridized carbons (Fsp3) is 0. The third kappa shape index (κ3) is 1710. The van der Waals surface area contributed by atoms with E-state index in [4.69, 9.17) is 25.1 Å². The minimum Gasteiger partial charge on any atom is -0.780 e. The lowest BCUT2D eigenvalue weighted by molar-refractivity contribution is 0.416. The van der Waals surface area contributed by atoms with Crippen molar-refractivity contribution in [2.45, 2.75) is 0 Å². The van der Waals surface area contributed by atoms with Crippen molar-refractivity contribution in [1.29, 1.82) is 5.26 Å². The molecular formula is CNO3S2-3. The van der Waals surface area contributed by atoms with Crippen molar-refractivity contribution in [2.24, 2.45) is 0 Å². The second kappa shape index (κ2) is 3.95. The standard InChI is InChI=1S/CN.H2O3S2/c1-2;1-5(2,3)4/h;(H2,1,2,3,4)/q-1;/p-2. The van der Waals surface area contributed by atoms with Crippen LogP contribution in [0.15, 0.2) is 0 Å². The van der Waals surface area contributed by atoms with Crippen molar-refractivity contribution in [3.8, 4) is 0 Å². The van der Waals surface area contributed by atoms with Crippen LogP contribution in [-0.4, -0.2) is 13.3 Å². The first-order valence-electron chi connectivity index (χ1n) is 0.890. The quantitative estimate of drug-likeness (QED) is 0.404. The maximum Gasteiger partial charge on any atom is -0.0484 e. The van der Waals surface area contributed by atoms with Crippen LogP contribution in [0.3, 0.4) is 0 Å². The lowest BCUT2D eigenvalue weighted by Crippen LogP contribution is -1.88. The van der Waals surface area contributed by atoms with Gasteiger partial charge in [0.15, 0.2) is 0 Å². The van der Waals surface area contributed by atoms with E-state index in [0.29, 0.717) is 0 Å². The van der Waals surface area contributed by atoms with E-state index in [1.165, 1.54) is 0 Å². The van der Waals surface area contributed by atoms with Crippen molar-refractivity contribution in [1.82, 2.24) is 0 Å². The van der Waals surface area contributed by atoms with Crippen LogP contribution in [0.2, 0.25) is 0 Å². The molecule has 0 bridgehead atoms. The molecule has 0 saturated heterocycles. The van der Waals surface area contributed by atoms with E-state index < -0.39 is 9.05 Å². The second-order valence-electron chi connectivity index (χ2n) is 0.408. The molecule has 0 atom stereocenters. The van der Waals surface area contributed by atoms with Gasteiger partial charge in [0.25, 0.3) is 0 Å². The maximum absolute atomic E-state index is 8.89. The van der Waals surface area contributed by atoms with E-state index in [1.54, 1.807) is 0 Å². The molecule has 42 valence electrons. The summed E-state index contributed by atoms with van der Waals surface area (Å²) in [6, 6.07) is 0. The first-order valence-corrected chi connectivity index (χ1v) is 3.22. The smallest absolute Gasteiger partial charge is 0.0484 e. The van der Waals surface area contributed by atoms with E-state index in [1.807, 2.05) is 0 Å². The minimum absolute atomic E-state index is 3.24. The summed E-state index contributed by atoms with van der Waals surface area (Å²) >= 11 is 3.24. The van der Waals surface area contributed by atoms with Crippen molar-refractivity contribution in [2.75, 3.05) is 0 Å². The highest BCUT2D eigenvalue weighted by Crippen LogP contribution is 1.60. The molecule has 0 radical (unpaired) electrons. The van der Waals surface area contributed by atoms with Crippen LogP contribution in [0.25, 0.3) is 0 Å². The van der Waals surface area contributed by atoms with E-state index in [-0.39, 0.29) is 0 Å². The molecule has 4 nitrogen and oxygen atoms in total. The Labute approximate surface area is 46.1 Å². The molecule has 0 aromatic heterocycles. The SMILES string of the molecule is O=S([O-])([O-])=S.[C-]#N. The first-order chi connectivity index (χ1) is 3.00. The number of rotatable bonds is 0. The highest BCUT2D eigenvalue weighted by molar-refractivity contribution is 8.26. The summed E-state index contributed by atoms with van der Waals surface area (Å²) in [5.41, 5.74) is 0. The van der Waals surface area contributed by atoms with Crippen LogP contribution in [0.5, 0.6) is 0 Å². The summed E-state index contributed by atoms with van der Waals surface area (Å²) in [6.07, 6.45) is 0. The van der Waals surface area contributed by atoms with Crippen LogP contribution >= 0.6 is 0 Å². The molecule has 0 spiro atoms. The van der Waals surface area contributed by atoms with Gasteiger partial charge in [0.1, 0.15) is 0 Å². The summed E-state index contributed by atoms with van der Waals surface area (Å²) in [5, 5.41) is 6.25. The molecule has 0 aliphatic carbocycles. The van der Waals surface area contributed by atoms with Gasteiger partial charge in [-0.3, -0.25) is 4.21 Å². The first kappa shape index (κ1) is 9.91. The predicted molar refractivity (Wildman–Crippen MR) is 22.0 cm³/mol. The van der Waals surface area contributed by atoms with E-state index in [0.717, 1.165) is 0 Å². The Morgan fingerprint density at radius 3 is 1.57 bits per heavy atom. The molecule has 0 rings (SSSR count). The minimum atomic E-state index is -4.33. The van der Waals surface area contributed by atoms with Gasteiger partial charge < -0.3 is 20.9 Å². The zero-order valence-corrected chi connectivity index (χ0v) is 4.62. The van der Waals surface area contributed by atoms with Crippen LogP contribution in [0.1, 0.15) is 0 Å². The van der Waals surface area contributed by atoms with Crippen LogP contribution in [-0.2, 0) is 20.2 Å². The summed E-state index contributed by atoms with van der Waals surface area (Å²) in [6.45, 7) is 4.75.